The highest BCUT2D eigenvalue weighted by Crippen LogP contribution is 2.51. The Morgan fingerprint density at radius 2 is 1.98 bits per heavy atom. The molecule has 6 heterocycles. The van der Waals surface area contributed by atoms with Gasteiger partial charge in [0.2, 0.25) is 0 Å². The number of hydrogen-bond acceptors (Lipinski definition) is 7. The van der Waals surface area contributed by atoms with E-state index in [9.17, 15) is 13.6 Å². The first-order valence-corrected chi connectivity index (χ1v) is 14.7. The van der Waals surface area contributed by atoms with Crippen LogP contribution in [-0.4, -0.2) is 92.4 Å². The summed E-state index contributed by atoms with van der Waals surface area (Å²) >= 11 is 0. The lowest BCUT2D eigenvalue weighted by atomic mass is 9.97. The molecule has 0 bridgehead atoms. The standard InChI is InChI=1S/C28H34F2N8O3/c29-28(30)7-6-27(4-5-27)37(16-28)26(39)33-22-11-32-34-24(22)21-9-23-20(10-31-21)25(35-38(23)12-17-3-8-40-15-17)36-13-19(14-36)41-18-1-2-18/h9-11,17-19H,1-8,12-16H2,(H,32,34)(H,33,39). The topological polar surface area (TPSA) is 113 Å². The summed E-state index contributed by atoms with van der Waals surface area (Å²) < 4.78 is 42.2. The molecule has 41 heavy (non-hydrogen) atoms. The van der Waals surface area contributed by atoms with Gasteiger partial charge in [-0.05, 0) is 44.6 Å². The highest BCUT2D eigenvalue weighted by atomic mass is 19.3. The van der Waals surface area contributed by atoms with Crippen molar-refractivity contribution in [3.63, 3.8) is 0 Å². The van der Waals surface area contributed by atoms with Crippen molar-refractivity contribution in [2.24, 2.45) is 5.92 Å². The molecule has 8 rings (SSSR count). The number of fused-ring (bicyclic) bond motifs is 1. The van der Waals surface area contributed by atoms with Crippen molar-refractivity contribution >= 4 is 28.4 Å². The maximum absolute atomic E-state index is 14.2. The maximum atomic E-state index is 14.2. The number of H-pyrrole nitrogens is 1. The van der Waals surface area contributed by atoms with Crippen LogP contribution < -0.4 is 10.2 Å². The number of amides is 2. The lowest BCUT2D eigenvalue weighted by Crippen LogP contribution is -2.54. The normalized spacial score (nSPS) is 25.2. The molecule has 1 atom stereocenters. The lowest BCUT2D eigenvalue weighted by molar-refractivity contribution is -0.0721. The average molecular weight is 569 g/mol. The number of pyridine rings is 1. The van der Waals surface area contributed by atoms with Gasteiger partial charge in [-0.2, -0.15) is 10.2 Å². The number of nitrogens with zero attached hydrogens (tertiary/aromatic N) is 6. The summed E-state index contributed by atoms with van der Waals surface area (Å²) in [6.07, 6.45) is 8.96. The van der Waals surface area contributed by atoms with Crippen LogP contribution in [0, 0.1) is 5.92 Å². The number of aromatic nitrogens is 5. The molecular weight excluding hydrogens is 534 g/mol. The largest absolute Gasteiger partial charge is 0.381 e. The quantitative estimate of drug-likeness (QED) is 0.443. The van der Waals surface area contributed by atoms with Crippen molar-refractivity contribution in [3.05, 3.63) is 18.5 Å². The second kappa shape index (κ2) is 9.35. The van der Waals surface area contributed by atoms with E-state index in [1.165, 1.54) is 11.1 Å². The summed E-state index contributed by atoms with van der Waals surface area (Å²) in [5, 5.41) is 15.9. The molecule has 3 aromatic heterocycles. The first kappa shape index (κ1) is 25.4. The van der Waals surface area contributed by atoms with Crippen LogP contribution in [0.2, 0.25) is 0 Å². The number of rotatable bonds is 7. The second-order valence-electron chi connectivity index (χ2n) is 12.4. The Morgan fingerprint density at radius 3 is 2.73 bits per heavy atom. The van der Waals surface area contributed by atoms with Gasteiger partial charge in [0.1, 0.15) is 5.69 Å². The number of carbonyl (C=O) groups excluding carboxylic acids is 1. The third kappa shape index (κ3) is 4.72. The Morgan fingerprint density at radius 1 is 1.15 bits per heavy atom. The van der Waals surface area contributed by atoms with E-state index < -0.39 is 24.0 Å². The Labute approximate surface area is 235 Å². The molecule has 1 unspecified atom stereocenters. The second-order valence-corrected chi connectivity index (χ2v) is 12.4. The van der Waals surface area contributed by atoms with Crippen LogP contribution in [0.3, 0.4) is 0 Å². The highest BCUT2D eigenvalue weighted by molar-refractivity contribution is 5.96. The predicted octanol–water partition coefficient (Wildman–Crippen LogP) is 4.02. The first-order valence-electron chi connectivity index (χ1n) is 14.7. The van der Waals surface area contributed by atoms with E-state index in [2.05, 4.69) is 20.4 Å². The van der Waals surface area contributed by atoms with Crippen molar-refractivity contribution in [1.82, 2.24) is 29.9 Å². The zero-order valence-electron chi connectivity index (χ0n) is 22.8. The van der Waals surface area contributed by atoms with Gasteiger partial charge in [0, 0.05) is 50.3 Å². The van der Waals surface area contributed by atoms with E-state index in [-0.39, 0.29) is 12.5 Å². The number of aromatic amines is 1. The number of likely N-dealkylation sites (tertiary alicyclic amines) is 1. The summed E-state index contributed by atoms with van der Waals surface area (Å²) in [4.78, 5) is 21.5. The first-order chi connectivity index (χ1) is 19.9. The fourth-order valence-corrected chi connectivity index (χ4v) is 6.45. The van der Waals surface area contributed by atoms with Gasteiger partial charge in [0.15, 0.2) is 5.82 Å². The van der Waals surface area contributed by atoms with Crippen LogP contribution in [-0.2, 0) is 16.0 Å². The highest BCUT2D eigenvalue weighted by Gasteiger charge is 2.57. The van der Waals surface area contributed by atoms with E-state index >= 15 is 0 Å². The van der Waals surface area contributed by atoms with Gasteiger partial charge in [0.05, 0.1) is 53.8 Å². The zero-order valence-corrected chi connectivity index (χ0v) is 22.8. The van der Waals surface area contributed by atoms with Crippen molar-refractivity contribution in [3.8, 4) is 11.4 Å². The maximum Gasteiger partial charge on any atom is 0.322 e. The number of hydrogen-bond donors (Lipinski definition) is 2. The van der Waals surface area contributed by atoms with Gasteiger partial charge in [-0.25, -0.2) is 13.6 Å². The molecule has 3 aromatic rings. The molecule has 2 aliphatic carbocycles. The molecule has 13 heteroatoms. The number of nitrogens with one attached hydrogen (secondary N) is 2. The molecule has 218 valence electrons. The number of anilines is 2. The Bertz CT molecular complexity index is 1470. The molecule has 3 aliphatic heterocycles. The van der Waals surface area contributed by atoms with Crippen molar-refractivity contribution < 1.29 is 23.0 Å². The van der Waals surface area contributed by atoms with Crippen LogP contribution in [0.25, 0.3) is 22.3 Å². The van der Waals surface area contributed by atoms with Gasteiger partial charge in [-0.15, -0.1) is 0 Å². The molecule has 0 radical (unpaired) electrons. The third-order valence-corrected chi connectivity index (χ3v) is 9.26. The molecule has 5 fully saturated rings. The number of halogens is 2. The average Bonchev–Trinajstić information content (AvgIpc) is 3.76. The molecule has 2 saturated carbocycles. The van der Waals surface area contributed by atoms with E-state index in [4.69, 9.17) is 19.6 Å². The summed E-state index contributed by atoms with van der Waals surface area (Å²) in [5.41, 5.74) is 2.01. The lowest BCUT2D eigenvalue weighted by Gasteiger charge is -2.40. The fourth-order valence-electron chi connectivity index (χ4n) is 6.45. The Kier molecular flexibility index (Phi) is 5.79. The number of carbonyl (C=O) groups is 1. The molecule has 3 saturated heterocycles. The molecule has 5 aliphatic rings. The fraction of sp³-hybridized carbons (Fsp3) is 0.643. The smallest absolute Gasteiger partial charge is 0.322 e. The Balaban J connectivity index is 1.07. The number of urea groups is 1. The van der Waals surface area contributed by atoms with E-state index in [1.54, 1.807) is 0 Å². The molecule has 1 spiro atoms. The molecule has 2 N–H and O–H groups in total. The van der Waals surface area contributed by atoms with Crippen LogP contribution >= 0.6 is 0 Å². The minimum absolute atomic E-state index is 0.175. The van der Waals surface area contributed by atoms with Gasteiger partial charge >= 0.3 is 6.03 Å². The van der Waals surface area contributed by atoms with E-state index in [0.717, 1.165) is 75.1 Å². The molecule has 2 amide bonds. The van der Waals surface area contributed by atoms with Crippen LogP contribution in [0.4, 0.5) is 25.1 Å². The summed E-state index contributed by atoms with van der Waals surface area (Å²) in [5.74, 6) is -1.60. The number of piperidine rings is 1. The van der Waals surface area contributed by atoms with E-state index in [1.807, 2.05) is 16.9 Å². The van der Waals surface area contributed by atoms with Crippen LogP contribution in [0.5, 0.6) is 0 Å². The summed E-state index contributed by atoms with van der Waals surface area (Å²) in [6.45, 7) is 3.26. The van der Waals surface area contributed by atoms with Crippen molar-refractivity contribution in [1.29, 1.82) is 0 Å². The monoisotopic (exact) mass is 568 g/mol. The van der Waals surface area contributed by atoms with Crippen molar-refractivity contribution in [2.45, 2.75) is 75.2 Å². The molecule has 0 aromatic carbocycles. The van der Waals surface area contributed by atoms with E-state index in [0.29, 0.717) is 42.1 Å². The van der Waals surface area contributed by atoms with Crippen molar-refractivity contribution in [2.75, 3.05) is 43.1 Å². The summed E-state index contributed by atoms with van der Waals surface area (Å²) in [6, 6.07) is 1.43. The number of ether oxygens (including phenoxy) is 2. The van der Waals surface area contributed by atoms with Gasteiger partial charge < -0.3 is 24.6 Å². The third-order valence-electron chi connectivity index (χ3n) is 9.26. The zero-order chi connectivity index (χ0) is 27.8. The van der Waals surface area contributed by atoms with Gasteiger partial charge in [0.25, 0.3) is 5.92 Å². The molecular formula is C28H34F2N8O3. The number of alkyl halides is 2. The van der Waals surface area contributed by atoms with Crippen LogP contribution in [0.15, 0.2) is 18.5 Å². The minimum atomic E-state index is -2.88. The summed E-state index contributed by atoms with van der Waals surface area (Å²) in [7, 11) is 0. The predicted molar refractivity (Wildman–Crippen MR) is 146 cm³/mol. The van der Waals surface area contributed by atoms with Gasteiger partial charge in [-0.1, -0.05) is 0 Å². The Hall–Kier alpha value is -3.32. The SMILES string of the molecule is O=C(Nc1cn[nH]c1-c1cc2c(cn1)c(N1CC(OC3CC3)C1)nn2CC1CCOC1)N1CC(F)(F)CCC12CC2. The van der Waals surface area contributed by atoms with Gasteiger partial charge in [-0.3, -0.25) is 14.8 Å². The molecule has 11 nitrogen and oxygen atoms in total. The van der Waals surface area contributed by atoms with Crippen LogP contribution in [0.1, 0.15) is 44.9 Å². The minimum Gasteiger partial charge on any atom is -0.381 e.